The van der Waals surface area contributed by atoms with Crippen LogP contribution in [0.1, 0.15) is 39.0 Å². The molecule has 0 aromatic carbocycles. The third-order valence-electron chi connectivity index (χ3n) is 2.08. The fourth-order valence-electron chi connectivity index (χ4n) is 1.34. The number of hydrogen-bond donors (Lipinski definition) is 0. The van der Waals surface area contributed by atoms with E-state index in [4.69, 9.17) is 4.84 Å². The first kappa shape index (κ1) is 9.52. The first-order valence-corrected chi connectivity index (χ1v) is 4.78. The highest BCUT2D eigenvalue weighted by atomic mass is 16.7. The van der Waals surface area contributed by atoms with E-state index >= 15 is 0 Å². The van der Waals surface area contributed by atoms with Crippen molar-refractivity contribution < 1.29 is 9.63 Å². The van der Waals surface area contributed by atoms with Gasteiger partial charge in [0.1, 0.15) is 0 Å². The molecule has 3 nitrogen and oxygen atoms in total. The number of rotatable bonds is 2. The maximum atomic E-state index is 10.9. The highest BCUT2D eigenvalue weighted by Gasteiger charge is 2.12. The molecule has 1 saturated heterocycles. The van der Waals surface area contributed by atoms with Crippen molar-refractivity contribution in [1.29, 1.82) is 0 Å². The van der Waals surface area contributed by atoms with E-state index in [0.717, 1.165) is 25.9 Å². The van der Waals surface area contributed by atoms with E-state index in [1.165, 1.54) is 12.8 Å². The molecule has 0 bridgehead atoms. The van der Waals surface area contributed by atoms with Crippen molar-refractivity contribution >= 4 is 5.97 Å². The third kappa shape index (κ3) is 3.22. The van der Waals surface area contributed by atoms with Crippen LogP contribution in [0.3, 0.4) is 0 Å². The van der Waals surface area contributed by atoms with Gasteiger partial charge in [-0.1, -0.05) is 19.8 Å². The Balaban J connectivity index is 2.24. The number of hydroxylamine groups is 2. The summed E-state index contributed by atoms with van der Waals surface area (Å²) in [5.74, 6) is -0.114. The molecule has 1 aliphatic rings. The van der Waals surface area contributed by atoms with Crippen LogP contribution in [0, 0.1) is 0 Å². The molecule has 0 aromatic heterocycles. The number of carbonyl (C=O) groups is 1. The summed E-state index contributed by atoms with van der Waals surface area (Å²) in [5, 5.41) is 1.80. The fourth-order valence-corrected chi connectivity index (χ4v) is 1.34. The van der Waals surface area contributed by atoms with Gasteiger partial charge in [-0.2, -0.15) is 0 Å². The Morgan fingerprint density at radius 3 is 2.33 bits per heavy atom. The molecule has 0 saturated carbocycles. The second kappa shape index (κ2) is 5.14. The van der Waals surface area contributed by atoms with Gasteiger partial charge < -0.3 is 4.84 Å². The summed E-state index contributed by atoms with van der Waals surface area (Å²) in [6.45, 7) is 3.64. The quantitative estimate of drug-likeness (QED) is 0.633. The molecule has 1 rings (SSSR count). The number of nitrogens with zero attached hydrogens (tertiary/aromatic N) is 1. The number of hydrogen-bond acceptors (Lipinski definition) is 3. The SMILES string of the molecule is CCC(=O)ON1CCCCCC1. The van der Waals surface area contributed by atoms with Crippen LogP contribution in [0.15, 0.2) is 0 Å². The van der Waals surface area contributed by atoms with Gasteiger partial charge in [-0.3, -0.25) is 4.79 Å². The van der Waals surface area contributed by atoms with Crippen LogP contribution >= 0.6 is 0 Å². The molecule has 1 aliphatic heterocycles. The van der Waals surface area contributed by atoms with Crippen LogP contribution in [-0.4, -0.2) is 24.1 Å². The van der Waals surface area contributed by atoms with Crippen molar-refractivity contribution in [2.75, 3.05) is 13.1 Å². The number of carbonyl (C=O) groups excluding carboxylic acids is 1. The molecule has 0 N–H and O–H groups in total. The summed E-state index contributed by atoms with van der Waals surface area (Å²) >= 11 is 0. The highest BCUT2D eigenvalue weighted by molar-refractivity contribution is 5.68. The molecule has 0 radical (unpaired) electrons. The zero-order chi connectivity index (χ0) is 8.81. The standard InChI is InChI=1S/C9H17NO2/c1-2-9(11)12-10-7-5-3-4-6-8-10/h2-8H2,1H3. The second-order valence-electron chi connectivity index (χ2n) is 3.16. The molecule has 0 aromatic rings. The van der Waals surface area contributed by atoms with Crippen LogP contribution < -0.4 is 0 Å². The largest absolute Gasteiger partial charge is 0.368 e. The van der Waals surface area contributed by atoms with Gasteiger partial charge in [0.2, 0.25) is 0 Å². The summed E-state index contributed by atoms with van der Waals surface area (Å²) in [6, 6.07) is 0. The minimum atomic E-state index is -0.114. The molecule has 0 amide bonds. The Morgan fingerprint density at radius 1 is 1.25 bits per heavy atom. The average Bonchev–Trinajstić information content (AvgIpc) is 2.33. The fraction of sp³-hybridized carbons (Fsp3) is 0.889. The summed E-state index contributed by atoms with van der Waals surface area (Å²) in [5.41, 5.74) is 0. The normalized spacial score (nSPS) is 20.1. The second-order valence-corrected chi connectivity index (χ2v) is 3.16. The van der Waals surface area contributed by atoms with Crippen molar-refractivity contribution in [3.63, 3.8) is 0 Å². The summed E-state index contributed by atoms with van der Waals surface area (Å²) in [4.78, 5) is 16.0. The smallest absolute Gasteiger partial charge is 0.324 e. The van der Waals surface area contributed by atoms with Crippen LogP contribution in [0.5, 0.6) is 0 Å². The Kier molecular flexibility index (Phi) is 4.08. The van der Waals surface area contributed by atoms with Gasteiger partial charge in [0.25, 0.3) is 0 Å². The van der Waals surface area contributed by atoms with Crippen molar-refractivity contribution in [2.24, 2.45) is 0 Å². The van der Waals surface area contributed by atoms with Crippen LogP contribution in [-0.2, 0) is 9.63 Å². The molecule has 0 spiro atoms. The molecule has 12 heavy (non-hydrogen) atoms. The lowest BCUT2D eigenvalue weighted by Crippen LogP contribution is -2.27. The molecule has 70 valence electrons. The topological polar surface area (TPSA) is 29.5 Å². The van der Waals surface area contributed by atoms with E-state index in [1.807, 2.05) is 6.92 Å². The van der Waals surface area contributed by atoms with E-state index in [0.29, 0.717) is 6.42 Å². The lowest BCUT2D eigenvalue weighted by Gasteiger charge is -2.17. The molecule has 0 atom stereocenters. The Labute approximate surface area is 73.6 Å². The average molecular weight is 171 g/mol. The summed E-state index contributed by atoms with van der Waals surface area (Å²) < 4.78 is 0. The molecule has 0 unspecified atom stereocenters. The Hall–Kier alpha value is -0.570. The zero-order valence-electron chi connectivity index (χ0n) is 7.71. The molecule has 3 heteroatoms. The van der Waals surface area contributed by atoms with Gasteiger partial charge >= 0.3 is 5.97 Å². The molecule has 1 heterocycles. The van der Waals surface area contributed by atoms with Crippen LogP contribution in [0.2, 0.25) is 0 Å². The highest BCUT2D eigenvalue weighted by Crippen LogP contribution is 2.09. The Morgan fingerprint density at radius 2 is 1.83 bits per heavy atom. The lowest BCUT2D eigenvalue weighted by atomic mass is 10.2. The predicted molar refractivity (Wildman–Crippen MR) is 46.4 cm³/mol. The van der Waals surface area contributed by atoms with E-state index in [-0.39, 0.29) is 5.97 Å². The zero-order valence-corrected chi connectivity index (χ0v) is 7.71. The van der Waals surface area contributed by atoms with Gasteiger partial charge in [-0.15, -0.1) is 5.06 Å². The molecule has 1 fully saturated rings. The van der Waals surface area contributed by atoms with Crippen molar-refractivity contribution in [2.45, 2.75) is 39.0 Å². The van der Waals surface area contributed by atoms with E-state index in [9.17, 15) is 4.79 Å². The van der Waals surface area contributed by atoms with Gasteiger partial charge in [-0.05, 0) is 12.8 Å². The minimum Gasteiger partial charge on any atom is -0.368 e. The predicted octanol–water partition coefficient (Wildman–Crippen LogP) is 1.73. The van der Waals surface area contributed by atoms with Crippen molar-refractivity contribution in [3.05, 3.63) is 0 Å². The monoisotopic (exact) mass is 171 g/mol. The summed E-state index contributed by atoms with van der Waals surface area (Å²) in [6.07, 6.45) is 5.30. The first-order valence-electron chi connectivity index (χ1n) is 4.78. The van der Waals surface area contributed by atoms with Crippen molar-refractivity contribution in [1.82, 2.24) is 5.06 Å². The summed E-state index contributed by atoms with van der Waals surface area (Å²) in [7, 11) is 0. The first-order chi connectivity index (χ1) is 5.83. The molecular formula is C9H17NO2. The van der Waals surface area contributed by atoms with Crippen molar-refractivity contribution in [3.8, 4) is 0 Å². The van der Waals surface area contributed by atoms with E-state index < -0.39 is 0 Å². The molecule has 0 aliphatic carbocycles. The van der Waals surface area contributed by atoms with Gasteiger partial charge in [-0.25, -0.2) is 0 Å². The minimum absolute atomic E-state index is 0.114. The van der Waals surface area contributed by atoms with Gasteiger partial charge in [0.05, 0.1) is 0 Å². The Bertz CT molecular complexity index is 139. The third-order valence-corrected chi connectivity index (χ3v) is 2.08. The van der Waals surface area contributed by atoms with E-state index in [2.05, 4.69) is 0 Å². The maximum absolute atomic E-state index is 10.9. The van der Waals surface area contributed by atoms with Crippen LogP contribution in [0.25, 0.3) is 0 Å². The van der Waals surface area contributed by atoms with Crippen LogP contribution in [0.4, 0.5) is 0 Å². The lowest BCUT2D eigenvalue weighted by molar-refractivity contribution is -0.189. The molecular weight excluding hydrogens is 154 g/mol. The van der Waals surface area contributed by atoms with Gasteiger partial charge in [0, 0.05) is 19.5 Å². The maximum Gasteiger partial charge on any atom is 0.324 e. The van der Waals surface area contributed by atoms with Gasteiger partial charge in [0.15, 0.2) is 0 Å². The van der Waals surface area contributed by atoms with E-state index in [1.54, 1.807) is 5.06 Å².